The van der Waals surface area contributed by atoms with Crippen LogP contribution in [0.3, 0.4) is 0 Å². The first-order valence-electron chi connectivity index (χ1n) is 4.61. The van der Waals surface area contributed by atoms with E-state index in [2.05, 4.69) is 0 Å². The van der Waals surface area contributed by atoms with E-state index < -0.39 is 0 Å². The van der Waals surface area contributed by atoms with Crippen LogP contribution in [-0.4, -0.2) is 11.2 Å². The molecule has 0 fully saturated rings. The van der Waals surface area contributed by atoms with E-state index in [9.17, 15) is 5.11 Å². The molecule has 1 N–H and O–H groups in total. The highest BCUT2D eigenvalue weighted by Gasteiger charge is 2.11. The Morgan fingerprint density at radius 1 is 1.23 bits per heavy atom. The van der Waals surface area contributed by atoms with Gasteiger partial charge in [-0.3, -0.25) is 0 Å². The molecule has 0 amide bonds. The molecule has 70 valence electrons. The molecule has 2 atom stereocenters. The number of hydrogen-bond acceptors (Lipinski definition) is 1. The van der Waals surface area contributed by atoms with Crippen LogP contribution in [0.4, 0.5) is 0 Å². The smallest absolute Gasteiger partial charge is 0.0786 e. The van der Waals surface area contributed by atoms with Crippen molar-refractivity contribution in [3.05, 3.63) is 48.0 Å². The molecule has 0 bridgehead atoms. The molecule has 1 nitrogen and oxygen atoms in total. The molecule has 0 heterocycles. The van der Waals surface area contributed by atoms with Gasteiger partial charge < -0.3 is 5.11 Å². The zero-order valence-corrected chi connectivity index (χ0v) is 8.14. The van der Waals surface area contributed by atoms with E-state index in [1.54, 1.807) is 0 Å². The molecule has 0 unspecified atom stereocenters. The summed E-state index contributed by atoms with van der Waals surface area (Å²) in [5.74, 6) is 0.164. The van der Waals surface area contributed by atoms with E-state index in [0.717, 1.165) is 0 Å². The van der Waals surface area contributed by atoms with Gasteiger partial charge in [0.15, 0.2) is 0 Å². The van der Waals surface area contributed by atoms with E-state index in [1.807, 2.05) is 56.3 Å². The molecule has 0 spiro atoms. The van der Waals surface area contributed by atoms with E-state index in [0.29, 0.717) is 0 Å². The lowest BCUT2D eigenvalue weighted by Crippen LogP contribution is -2.12. The van der Waals surface area contributed by atoms with Crippen molar-refractivity contribution in [1.29, 1.82) is 0 Å². The standard InChI is InChI=1S/C12H16O/c1-3-7-12(13)10(2)11-8-5-4-6-9-11/h3-10,12-13H,1-2H3/b7-3+/t10-,12-/m0/s1. The van der Waals surface area contributed by atoms with Crippen molar-refractivity contribution < 1.29 is 5.11 Å². The molecule has 0 aliphatic carbocycles. The quantitative estimate of drug-likeness (QED) is 0.702. The first-order chi connectivity index (χ1) is 6.25. The fourth-order valence-electron chi connectivity index (χ4n) is 1.32. The summed E-state index contributed by atoms with van der Waals surface area (Å²) in [5, 5.41) is 9.68. The summed E-state index contributed by atoms with van der Waals surface area (Å²) in [6.07, 6.45) is 3.31. The third-order valence-electron chi connectivity index (χ3n) is 2.23. The fraction of sp³-hybridized carbons (Fsp3) is 0.333. The maximum Gasteiger partial charge on any atom is 0.0786 e. The second-order valence-corrected chi connectivity index (χ2v) is 3.22. The molecule has 1 rings (SSSR count). The zero-order valence-electron chi connectivity index (χ0n) is 8.14. The van der Waals surface area contributed by atoms with Gasteiger partial charge in [-0.15, -0.1) is 0 Å². The van der Waals surface area contributed by atoms with E-state index in [-0.39, 0.29) is 12.0 Å². The Bertz CT molecular complexity index is 264. The summed E-state index contributed by atoms with van der Waals surface area (Å²) < 4.78 is 0. The van der Waals surface area contributed by atoms with Crippen LogP contribution >= 0.6 is 0 Å². The molecular formula is C12H16O. The Hall–Kier alpha value is -1.08. The van der Waals surface area contributed by atoms with Crippen molar-refractivity contribution in [1.82, 2.24) is 0 Å². The minimum atomic E-state index is -0.382. The van der Waals surface area contributed by atoms with E-state index >= 15 is 0 Å². The number of benzene rings is 1. The summed E-state index contributed by atoms with van der Waals surface area (Å²) in [7, 11) is 0. The summed E-state index contributed by atoms with van der Waals surface area (Å²) in [6, 6.07) is 10.1. The molecule has 1 heteroatoms. The van der Waals surface area contributed by atoms with Crippen LogP contribution in [0.1, 0.15) is 25.3 Å². The maximum absolute atomic E-state index is 9.68. The Labute approximate surface area is 79.7 Å². The van der Waals surface area contributed by atoms with Crippen LogP contribution in [0.5, 0.6) is 0 Å². The highest BCUT2D eigenvalue weighted by molar-refractivity contribution is 5.21. The lowest BCUT2D eigenvalue weighted by molar-refractivity contribution is 0.197. The number of allylic oxidation sites excluding steroid dienone is 1. The molecule has 0 aliphatic rings. The number of aliphatic hydroxyl groups is 1. The summed E-state index contributed by atoms with van der Waals surface area (Å²) in [4.78, 5) is 0. The Morgan fingerprint density at radius 2 is 1.85 bits per heavy atom. The van der Waals surface area contributed by atoms with Gasteiger partial charge in [0.1, 0.15) is 0 Å². The van der Waals surface area contributed by atoms with Crippen LogP contribution in [0.25, 0.3) is 0 Å². The van der Waals surface area contributed by atoms with Crippen LogP contribution in [0, 0.1) is 0 Å². The van der Waals surface area contributed by atoms with Gasteiger partial charge in [0.05, 0.1) is 6.10 Å². The van der Waals surface area contributed by atoms with Gasteiger partial charge in [0.2, 0.25) is 0 Å². The predicted octanol–water partition coefficient (Wildman–Crippen LogP) is 2.73. The Balaban J connectivity index is 2.73. The van der Waals surface area contributed by atoms with Crippen molar-refractivity contribution in [3.8, 4) is 0 Å². The van der Waals surface area contributed by atoms with Gasteiger partial charge in [0, 0.05) is 5.92 Å². The van der Waals surface area contributed by atoms with Crippen molar-refractivity contribution in [2.24, 2.45) is 0 Å². The monoisotopic (exact) mass is 176 g/mol. The van der Waals surface area contributed by atoms with Gasteiger partial charge in [-0.05, 0) is 12.5 Å². The van der Waals surface area contributed by atoms with Crippen molar-refractivity contribution in [2.75, 3.05) is 0 Å². The van der Waals surface area contributed by atoms with Crippen molar-refractivity contribution in [2.45, 2.75) is 25.9 Å². The molecule has 0 radical (unpaired) electrons. The second-order valence-electron chi connectivity index (χ2n) is 3.22. The molecule has 0 aromatic heterocycles. The lowest BCUT2D eigenvalue weighted by atomic mass is 9.95. The molecule has 0 saturated heterocycles. The van der Waals surface area contributed by atoms with Crippen LogP contribution in [-0.2, 0) is 0 Å². The first-order valence-corrected chi connectivity index (χ1v) is 4.61. The Kier molecular flexibility index (Phi) is 3.71. The normalized spacial score (nSPS) is 15.9. The average molecular weight is 176 g/mol. The van der Waals surface area contributed by atoms with Gasteiger partial charge in [0.25, 0.3) is 0 Å². The minimum Gasteiger partial charge on any atom is -0.388 e. The highest BCUT2D eigenvalue weighted by atomic mass is 16.3. The fourth-order valence-corrected chi connectivity index (χ4v) is 1.32. The van der Waals surface area contributed by atoms with Gasteiger partial charge in [-0.2, -0.15) is 0 Å². The van der Waals surface area contributed by atoms with Crippen LogP contribution in [0.2, 0.25) is 0 Å². The Morgan fingerprint density at radius 3 is 2.38 bits per heavy atom. The molecule has 0 saturated carbocycles. The molecule has 1 aromatic rings. The average Bonchev–Trinajstić information content (AvgIpc) is 2.18. The highest BCUT2D eigenvalue weighted by Crippen LogP contribution is 2.19. The summed E-state index contributed by atoms with van der Waals surface area (Å²) >= 11 is 0. The first kappa shape index (κ1) is 10.0. The summed E-state index contributed by atoms with van der Waals surface area (Å²) in [6.45, 7) is 3.95. The number of aliphatic hydroxyl groups excluding tert-OH is 1. The minimum absolute atomic E-state index is 0.164. The van der Waals surface area contributed by atoms with Gasteiger partial charge >= 0.3 is 0 Å². The van der Waals surface area contributed by atoms with E-state index in [1.165, 1.54) is 5.56 Å². The third kappa shape index (κ3) is 2.71. The summed E-state index contributed by atoms with van der Waals surface area (Å²) in [5.41, 5.74) is 1.17. The molecule has 1 aromatic carbocycles. The van der Waals surface area contributed by atoms with E-state index in [4.69, 9.17) is 0 Å². The maximum atomic E-state index is 9.68. The SMILES string of the molecule is C/C=C/[C@H](O)[C@@H](C)c1ccccc1. The molecular weight excluding hydrogens is 160 g/mol. The van der Waals surface area contributed by atoms with Crippen molar-refractivity contribution in [3.63, 3.8) is 0 Å². The van der Waals surface area contributed by atoms with Crippen LogP contribution in [0.15, 0.2) is 42.5 Å². The predicted molar refractivity (Wildman–Crippen MR) is 55.7 cm³/mol. The second kappa shape index (κ2) is 4.83. The molecule has 0 aliphatic heterocycles. The number of rotatable bonds is 3. The van der Waals surface area contributed by atoms with Gasteiger partial charge in [-0.1, -0.05) is 49.4 Å². The molecule has 13 heavy (non-hydrogen) atoms. The topological polar surface area (TPSA) is 20.2 Å². The number of hydrogen-bond donors (Lipinski definition) is 1. The van der Waals surface area contributed by atoms with Crippen molar-refractivity contribution >= 4 is 0 Å². The largest absolute Gasteiger partial charge is 0.388 e. The lowest BCUT2D eigenvalue weighted by Gasteiger charge is -2.15. The van der Waals surface area contributed by atoms with Gasteiger partial charge in [-0.25, -0.2) is 0 Å². The van der Waals surface area contributed by atoms with Crippen LogP contribution < -0.4 is 0 Å². The zero-order chi connectivity index (χ0) is 9.68. The third-order valence-corrected chi connectivity index (χ3v) is 2.23.